The number of hydrogen-bond donors (Lipinski definition) is 0. The minimum Gasteiger partial charge on any atom is -0.384 e. The van der Waals surface area contributed by atoms with Gasteiger partial charge < -0.3 is 14.4 Å². The van der Waals surface area contributed by atoms with Crippen LogP contribution in [-0.4, -0.2) is 69.0 Å². The van der Waals surface area contributed by atoms with Crippen LogP contribution in [-0.2, 0) is 9.47 Å². The molecule has 0 amide bonds. The first-order valence-electron chi connectivity index (χ1n) is 9.76. The zero-order valence-corrected chi connectivity index (χ0v) is 15.4. The van der Waals surface area contributed by atoms with Crippen molar-refractivity contribution < 1.29 is 9.47 Å². The Labute approximate surface area is 151 Å². The van der Waals surface area contributed by atoms with E-state index in [4.69, 9.17) is 9.47 Å². The Kier molecular flexibility index (Phi) is 5.25. The van der Waals surface area contributed by atoms with Crippen LogP contribution in [0.4, 0.5) is 5.69 Å². The number of aromatic nitrogens is 1. The van der Waals surface area contributed by atoms with Crippen molar-refractivity contribution in [3.05, 3.63) is 24.5 Å². The lowest BCUT2D eigenvalue weighted by Crippen LogP contribution is -2.57. The largest absolute Gasteiger partial charge is 0.384 e. The highest BCUT2D eigenvalue weighted by Gasteiger charge is 2.48. The molecular weight excluding hydrogens is 314 g/mol. The second kappa shape index (κ2) is 7.60. The lowest BCUT2D eigenvalue weighted by molar-refractivity contribution is -0.0539. The number of piperidine rings is 1. The van der Waals surface area contributed by atoms with Crippen LogP contribution in [0, 0.1) is 11.3 Å². The van der Waals surface area contributed by atoms with Gasteiger partial charge >= 0.3 is 0 Å². The van der Waals surface area contributed by atoms with Gasteiger partial charge in [-0.15, -0.1) is 0 Å². The number of morpholine rings is 1. The van der Waals surface area contributed by atoms with Gasteiger partial charge in [0.1, 0.15) is 0 Å². The average molecular weight is 345 g/mol. The van der Waals surface area contributed by atoms with E-state index in [1.807, 2.05) is 19.5 Å². The standard InChI is InChI=1S/C20H31N3O2/c1-24-16-20-6-2-19(22-10-12-25-13-11-22)14-17(20)5-9-23(15-20)18-3-7-21-8-4-18/h3-4,7-8,17,19H,2,5-6,9-16H2,1H3/t17-,19-,20+/m1/s1. The quantitative estimate of drug-likeness (QED) is 0.838. The van der Waals surface area contributed by atoms with E-state index in [1.165, 1.54) is 31.4 Å². The lowest BCUT2D eigenvalue weighted by atomic mass is 9.61. The summed E-state index contributed by atoms with van der Waals surface area (Å²) in [6.45, 7) is 7.17. The van der Waals surface area contributed by atoms with Crippen molar-refractivity contribution in [2.45, 2.75) is 31.7 Å². The maximum atomic E-state index is 5.73. The molecule has 0 aromatic carbocycles. The summed E-state index contributed by atoms with van der Waals surface area (Å²) in [6.07, 6.45) is 8.97. The van der Waals surface area contributed by atoms with Gasteiger partial charge in [0, 0.05) is 62.8 Å². The normalized spacial score (nSPS) is 33.9. The van der Waals surface area contributed by atoms with E-state index in [0.717, 1.165) is 58.0 Å². The number of fused-ring (bicyclic) bond motifs is 1. The van der Waals surface area contributed by atoms with Crippen LogP contribution < -0.4 is 4.90 Å². The maximum absolute atomic E-state index is 5.73. The molecule has 5 heteroatoms. The van der Waals surface area contributed by atoms with Crippen LogP contribution in [0.2, 0.25) is 0 Å². The molecule has 138 valence electrons. The number of hydrogen-bond acceptors (Lipinski definition) is 5. The molecule has 0 bridgehead atoms. The summed E-state index contributed by atoms with van der Waals surface area (Å²) >= 11 is 0. The Hall–Kier alpha value is -1.17. The highest BCUT2D eigenvalue weighted by molar-refractivity contribution is 5.45. The molecule has 1 aromatic rings. The topological polar surface area (TPSA) is 37.8 Å². The van der Waals surface area contributed by atoms with E-state index < -0.39 is 0 Å². The van der Waals surface area contributed by atoms with Crippen LogP contribution in [0.15, 0.2) is 24.5 Å². The summed E-state index contributed by atoms with van der Waals surface area (Å²) < 4.78 is 11.3. The zero-order valence-electron chi connectivity index (χ0n) is 15.4. The molecule has 3 fully saturated rings. The summed E-state index contributed by atoms with van der Waals surface area (Å²) in [6, 6.07) is 5.02. The van der Waals surface area contributed by atoms with Gasteiger partial charge in [0.15, 0.2) is 0 Å². The molecule has 25 heavy (non-hydrogen) atoms. The number of nitrogens with zero attached hydrogens (tertiary/aromatic N) is 3. The second-order valence-electron chi connectivity index (χ2n) is 7.98. The van der Waals surface area contributed by atoms with Crippen LogP contribution >= 0.6 is 0 Å². The maximum Gasteiger partial charge on any atom is 0.0594 e. The van der Waals surface area contributed by atoms with E-state index in [9.17, 15) is 0 Å². The van der Waals surface area contributed by atoms with Crippen LogP contribution in [0.1, 0.15) is 25.7 Å². The Morgan fingerprint density at radius 2 is 2.00 bits per heavy atom. The van der Waals surface area contributed by atoms with Crippen molar-refractivity contribution in [2.24, 2.45) is 11.3 Å². The van der Waals surface area contributed by atoms with Gasteiger partial charge in [-0.2, -0.15) is 0 Å². The van der Waals surface area contributed by atoms with E-state index in [-0.39, 0.29) is 0 Å². The third-order valence-corrected chi connectivity index (χ3v) is 6.67. The predicted octanol–water partition coefficient (Wildman–Crippen LogP) is 2.43. The van der Waals surface area contributed by atoms with Gasteiger partial charge in [-0.25, -0.2) is 0 Å². The number of ether oxygens (including phenoxy) is 2. The molecule has 4 rings (SSSR count). The number of methoxy groups -OCH3 is 1. The summed E-state index contributed by atoms with van der Waals surface area (Å²) in [5.74, 6) is 0.770. The van der Waals surface area contributed by atoms with Gasteiger partial charge in [-0.1, -0.05) is 0 Å². The van der Waals surface area contributed by atoms with E-state index >= 15 is 0 Å². The molecule has 0 unspecified atom stereocenters. The van der Waals surface area contributed by atoms with Crippen LogP contribution in [0.3, 0.4) is 0 Å². The first-order chi connectivity index (χ1) is 12.3. The van der Waals surface area contributed by atoms with Gasteiger partial charge in [-0.3, -0.25) is 9.88 Å². The molecule has 0 radical (unpaired) electrons. The number of anilines is 1. The molecule has 2 aliphatic heterocycles. The van der Waals surface area contributed by atoms with Gasteiger partial charge in [0.25, 0.3) is 0 Å². The molecule has 1 saturated carbocycles. The highest BCUT2D eigenvalue weighted by atomic mass is 16.5. The zero-order chi connectivity index (χ0) is 17.1. The first kappa shape index (κ1) is 17.3. The molecule has 1 aliphatic carbocycles. The molecule has 0 spiro atoms. The van der Waals surface area contributed by atoms with Gasteiger partial charge in [-0.05, 0) is 43.7 Å². The lowest BCUT2D eigenvalue weighted by Gasteiger charge is -2.54. The number of pyridine rings is 1. The number of rotatable bonds is 4. The van der Waals surface area contributed by atoms with Crippen molar-refractivity contribution >= 4 is 5.69 Å². The third kappa shape index (κ3) is 3.55. The SMILES string of the molecule is COC[C@@]12CC[C@@H](N3CCOCC3)C[C@H]1CCN(c1ccncc1)C2. The van der Waals surface area contributed by atoms with E-state index in [2.05, 4.69) is 26.9 Å². The van der Waals surface area contributed by atoms with Crippen LogP contribution in [0.5, 0.6) is 0 Å². The fourth-order valence-corrected chi connectivity index (χ4v) is 5.33. The summed E-state index contributed by atoms with van der Waals surface area (Å²) in [5, 5.41) is 0. The van der Waals surface area contributed by atoms with Crippen molar-refractivity contribution in [1.29, 1.82) is 0 Å². The minimum absolute atomic E-state index is 0.305. The van der Waals surface area contributed by atoms with Crippen molar-refractivity contribution in [1.82, 2.24) is 9.88 Å². The monoisotopic (exact) mass is 345 g/mol. The fraction of sp³-hybridized carbons (Fsp3) is 0.750. The van der Waals surface area contributed by atoms with E-state index in [1.54, 1.807) is 0 Å². The minimum atomic E-state index is 0.305. The van der Waals surface area contributed by atoms with E-state index in [0.29, 0.717) is 5.41 Å². The summed E-state index contributed by atoms with van der Waals surface area (Å²) in [7, 11) is 1.87. The predicted molar refractivity (Wildman–Crippen MR) is 98.9 cm³/mol. The van der Waals surface area contributed by atoms with Crippen molar-refractivity contribution in [2.75, 3.05) is 58.0 Å². The third-order valence-electron chi connectivity index (χ3n) is 6.67. The molecule has 1 aromatic heterocycles. The summed E-state index contributed by atoms with van der Waals surface area (Å²) in [4.78, 5) is 9.39. The average Bonchev–Trinajstić information content (AvgIpc) is 2.69. The second-order valence-corrected chi connectivity index (χ2v) is 7.98. The van der Waals surface area contributed by atoms with Gasteiger partial charge in [0.2, 0.25) is 0 Å². The molecule has 2 saturated heterocycles. The molecule has 3 aliphatic rings. The Morgan fingerprint density at radius 1 is 1.20 bits per heavy atom. The Bertz CT molecular complexity index is 549. The molecule has 5 nitrogen and oxygen atoms in total. The molecule has 3 heterocycles. The van der Waals surface area contributed by atoms with Crippen molar-refractivity contribution in [3.8, 4) is 0 Å². The first-order valence-corrected chi connectivity index (χ1v) is 9.76. The Balaban J connectivity index is 1.48. The molecular formula is C20H31N3O2. The molecule has 3 atom stereocenters. The van der Waals surface area contributed by atoms with Crippen LogP contribution in [0.25, 0.3) is 0 Å². The molecule has 0 N–H and O–H groups in total. The summed E-state index contributed by atoms with van der Waals surface area (Å²) in [5.41, 5.74) is 1.61. The van der Waals surface area contributed by atoms with Gasteiger partial charge in [0.05, 0.1) is 19.8 Å². The fourth-order valence-electron chi connectivity index (χ4n) is 5.33. The highest BCUT2D eigenvalue weighted by Crippen LogP contribution is 2.48. The smallest absolute Gasteiger partial charge is 0.0594 e. The van der Waals surface area contributed by atoms with Crippen molar-refractivity contribution in [3.63, 3.8) is 0 Å². The Morgan fingerprint density at radius 3 is 2.76 bits per heavy atom.